The van der Waals surface area contributed by atoms with Crippen LogP contribution in [0.4, 0.5) is 8.78 Å². The molecular weight excluding hydrogens is 350 g/mol. The van der Waals surface area contributed by atoms with Gasteiger partial charge in [0.05, 0.1) is 5.41 Å². The molecule has 1 aliphatic heterocycles. The van der Waals surface area contributed by atoms with E-state index in [-0.39, 0.29) is 17.4 Å². The Morgan fingerprint density at radius 3 is 2.04 bits per heavy atom. The molecule has 0 atom stereocenters. The van der Waals surface area contributed by atoms with Gasteiger partial charge < -0.3 is 9.80 Å². The highest BCUT2D eigenvalue weighted by molar-refractivity contribution is 5.94. The van der Waals surface area contributed by atoms with Gasteiger partial charge in [0.15, 0.2) is 11.6 Å². The van der Waals surface area contributed by atoms with Crippen LogP contribution in [0.1, 0.15) is 29.8 Å². The number of amides is 2. The summed E-state index contributed by atoms with van der Waals surface area (Å²) in [5.41, 5.74) is 0.390. The summed E-state index contributed by atoms with van der Waals surface area (Å²) in [5.74, 6) is -2.37. The molecule has 1 saturated heterocycles. The van der Waals surface area contributed by atoms with Crippen LogP contribution >= 0.6 is 0 Å². The van der Waals surface area contributed by atoms with Gasteiger partial charge in [-0.15, -0.1) is 0 Å². The molecule has 0 aromatic heterocycles. The van der Waals surface area contributed by atoms with Crippen molar-refractivity contribution in [3.8, 4) is 0 Å². The molecule has 2 amide bonds. The molecule has 0 aliphatic carbocycles. The molecule has 3 rings (SSSR count). The molecule has 27 heavy (non-hydrogen) atoms. The minimum Gasteiger partial charge on any atom is -0.338 e. The number of carbonyl (C=O) groups is 2. The molecule has 1 heterocycles. The Balaban J connectivity index is 1.65. The Morgan fingerprint density at radius 2 is 1.44 bits per heavy atom. The monoisotopic (exact) mass is 372 g/mol. The number of carbonyl (C=O) groups excluding carboxylic acids is 2. The SMILES string of the molecule is CC(C)(C(=O)N1CCN(C(=O)c2ccc(F)c(F)c2)CC1)c1ccccc1. The molecule has 1 aliphatic rings. The maximum absolute atomic E-state index is 13.4. The minimum atomic E-state index is -1.04. The number of benzene rings is 2. The number of hydrogen-bond acceptors (Lipinski definition) is 2. The first kappa shape index (κ1) is 19.0. The Kier molecular flexibility index (Phi) is 5.26. The van der Waals surface area contributed by atoms with Crippen LogP contribution in [0, 0.1) is 11.6 Å². The number of piperazine rings is 1. The predicted molar refractivity (Wildman–Crippen MR) is 98.3 cm³/mol. The topological polar surface area (TPSA) is 40.6 Å². The number of hydrogen-bond donors (Lipinski definition) is 0. The van der Waals surface area contributed by atoms with Gasteiger partial charge in [0.1, 0.15) is 0 Å². The zero-order valence-corrected chi connectivity index (χ0v) is 15.4. The first-order valence-electron chi connectivity index (χ1n) is 8.90. The number of nitrogens with zero attached hydrogens (tertiary/aromatic N) is 2. The maximum Gasteiger partial charge on any atom is 0.254 e. The van der Waals surface area contributed by atoms with Gasteiger partial charge in [-0.1, -0.05) is 30.3 Å². The van der Waals surface area contributed by atoms with E-state index in [4.69, 9.17) is 0 Å². The van der Waals surface area contributed by atoms with Crippen LogP contribution in [0.2, 0.25) is 0 Å². The second kappa shape index (κ2) is 7.47. The van der Waals surface area contributed by atoms with Gasteiger partial charge in [0, 0.05) is 31.7 Å². The van der Waals surface area contributed by atoms with Gasteiger partial charge in [-0.2, -0.15) is 0 Å². The summed E-state index contributed by atoms with van der Waals surface area (Å²) in [7, 11) is 0. The fourth-order valence-electron chi connectivity index (χ4n) is 3.30. The molecule has 0 N–H and O–H groups in total. The average Bonchev–Trinajstić information content (AvgIpc) is 2.69. The van der Waals surface area contributed by atoms with Crippen LogP contribution in [0.25, 0.3) is 0 Å². The summed E-state index contributed by atoms with van der Waals surface area (Å²) in [6.45, 7) is 5.31. The van der Waals surface area contributed by atoms with Crippen molar-refractivity contribution in [3.63, 3.8) is 0 Å². The van der Waals surface area contributed by atoms with E-state index in [0.717, 1.165) is 17.7 Å². The summed E-state index contributed by atoms with van der Waals surface area (Å²) in [5, 5.41) is 0. The first-order chi connectivity index (χ1) is 12.8. The lowest BCUT2D eigenvalue weighted by atomic mass is 9.83. The number of halogens is 2. The molecule has 2 aromatic carbocycles. The fourth-order valence-corrected chi connectivity index (χ4v) is 3.30. The third-order valence-electron chi connectivity index (χ3n) is 5.05. The summed E-state index contributed by atoms with van der Waals surface area (Å²) in [6, 6.07) is 12.7. The second-order valence-electron chi connectivity index (χ2n) is 7.20. The lowest BCUT2D eigenvalue weighted by molar-refractivity contribution is -0.137. The number of rotatable bonds is 3. The van der Waals surface area contributed by atoms with E-state index in [0.29, 0.717) is 26.2 Å². The molecule has 142 valence electrons. The zero-order valence-electron chi connectivity index (χ0n) is 15.4. The van der Waals surface area contributed by atoms with Gasteiger partial charge in [0.25, 0.3) is 5.91 Å². The predicted octanol–water partition coefficient (Wildman–Crippen LogP) is 3.23. The van der Waals surface area contributed by atoms with Gasteiger partial charge in [-0.3, -0.25) is 9.59 Å². The third-order valence-corrected chi connectivity index (χ3v) is 5.05. The highest BCUT2D eigenvalue weighted by Crippen LogP contribution is 2.26. The quantitative estimate of drug-likeness (QED) is 0.830. The van der Waals surface area contributed by atoms with Crippen molar-refractivity contribution in [1.29, 1.82) is 0 Å². The Bertz CT molecular complexity index is 845. The summed E-state index contributed by atoms with van der Waals surface area (Å²) in [4.78, 5) is 28.8. The summed E-state index contributed by atoms with van der Waals surface area (Å²) < 4.78 is 26.4. The maximum atomic E-state index is 13.4. The van der Waals surface area contributed by atoms with Crippen molar-refractivity contribution >= 4 is 11.8 Å². The summed E-state index contributed by atoms with van der Waals surface area (Å²) in [6.07, 6.45) is 0. The van der Waals surface area contributed by atoms with Crippen molar-refractivity contribution in [3.05, 3.63) is 71.3 Å². The van der Waals surface area contributed by atoms with Gasteiger partial charge in [0.2, 0.25) is 5.91 Å². The lowest BCUT2D eigenvalue weighted by Gasteiger charge is -2.38. The van der Waals surface area contributed by atoms with Crippen LogP contribution < -0.4 is 0 Å². The van der Waals surface area contributed by atoms with E-state index in [1.54, 1.807) is 9.80 Å². The Morgan fingerprint density at radius 1 is 0.852 bits per heavy atom. The van der Waals surface area contributed by atoms with Crippen molar-refractivity contribution in [2.24, 2.45) is 0 Å². The molecule has 1 fully saturated rings. The van der Waals surface area contributed by atoms with E-state index in [1.807, 2.05) is 44.2 Å². The second-order valence-corrected chi connectivity index (χ2v) is 7.20. The van der Waals surface area contributed by atoms with Crippen LogP contribution in [0.3, 0.4) is 0 Å². The molecule has 6 heteroatoms. The molecule has 2 aromatic rings. The highest BCUT2D eigenvalue weighted by atomic mass is 19.2. The molecular formula is C21H22F2N2O2. The Hall–Kier alpha value is -2.76. The van der Waals surface area contributed by atoms with Crippen LogP contribution in [0.15, 0.2) is 48.5 Å². The van der Waals surface area contributed by atoms with Gasteiger partial charge in [-0.05, 0) is 37.6 Å². The zero-order chi connectivity index (χ0) is 19.6. The lowest BCUT2D eigenvalue weighted by Crippen LogP contribution is -2.54. The van der Waals surface area contributed by atoms with Crippen LogP contribution in [-0.2, 0) is 10.2 Å². The van der Waals surface area contributed by atoms with Gasteiger partial charge >= 0.3 is 0 Å². The fraction of sp³-hybridized carbons (Fsp3) is 0.333. The van der Waals surface area contributed by atoms with Crippen LogP contribution in [-0.4, -0.2) is 47.8 Å². The largest absolute Gasteiger partial charge is 0.338 e. The van der Waals surface area contributed by atoms with Gasteiger partial charge in [-0.25, -0.2) is 8.78 Å². The van der Waals surface area contributed by atoms with E-state index < -0.39 is 17.0 Å². The molecule has 0 saturated carbocycles. The summed E-state index contributed by atoms with van der Waals surface area (Å²) >= 11 is 0. The first-order valence-corrected chi connectivity index (χ1v) is 8.90. The third kappa shape index (κ3) is 3.84. The molecule has 0 spiro atoms. The van der Waals surface area contributed by atoms with Crippen LogP contribution in [0.5, 0.6) is 0 Å². The van der Waals surface area contributed by atoms with Crippen molar-refractivity contribution in [1.82, 2.24) is 9.80 Å². The highest BCUT2D eigenvalue weighted by Gasteiger charge is 2.35. The minimum absolute atomic E-state index is 0.00799. The van der Waals surface area contributed by atoms with E-state index >= 15 is 0 Å². The van der Waals surface area contributed by atoms with E-state index in [9.17, 15) is 18.4 Å². The van der Waals surface area contributed by atoms with Crippen molar-refractivity contribution in [2.45, 2.75) is 19.3 Å². The smallest absolute Gasteiger partial charge is 0.254 e. The van der Waals surface area contributed by atoms with Crippen molar-refractivity contribution in [2.75, 3.05) is 26.2 Å². The van der Waals surface area contributed by atoms with E-state index in [1.165, 1.54) is 6.07 Å². The molecule has 0 unspecified atom stereocenters. The molecule has 0 radical (unpaired) electrons. The molecule has 0 bridgehead atoms. The normalized spacial score (nSPS) is 15.0. The average molecular weight is 372 g/mol. The Labute approximate surface area is 157 Å². The standard InChI is InChI=1S/C21H22F2N2O2/c1-21(2,16-6-4-3-5-7-16)20(27)25-12-10-24(11-13-25)19(26)15-8-9-17(22)18(23)14-15/h3-9,14H,10-13H2,1-2H3. The van der Waals surface area contributed by atoms with Crippen molar-refractivity contribution < 1.29 is 18.4 Å². The van der Waals surface area contributed by atoms with E-state index in [2.05, 4.69) is 0 Å². The molecule has 4 nitrogen and oxygen atoms in total.